The molecule has 0 aliphatic heterocycles. The maximum absolute atomic E-state index is 13.2. The summed E-state index contributed by atoms with van der Waals surface area (Å²) in [7, 11) is 0. The number of hydrogen-bond acceptors (Lipinski definition) is 5. The predicted molar refractivity (Wildman–Crippen MR) is 138 cm³/mol. The molecule has 0 aliphatic rings. The fourth-order valence-electron chi connectivity index (χ4n) is 3.96. The highest BCUT2D eigenvalue weighted by molar-refractivity contribution is 6.02. The van der Waals surface area contributed by atoms with Crippen molar-refractivity contribution >= 4 is 22.9 Å². The van der Waals surface area contributed by atoms with Crippen LogP contribution < -0.4 is 15.7 Å². The van der Waals surface area contributed by atoms with E-state index in [1.54, 1.807) is 30.3 Å². The van der Waals surface area contributed by atoms with Crippen LogP contribution in [-0.2, 0) is 4.79 Å². The molecule has 2 N–H and O–H groups in total. The fourth-order valence-corrected chi connectivity index (χ4v) is 3.96. The van der Waals surface area contributed by atoms with Crippen molar-refractivity contribution in [2.45, 2.75) is 27.7 Å². The van der Waals surface area contributed by atoms with E-state index in [-0.39, 0.29) is 18.0 Å². The monoisotopic (exact) mass is 469 g/mol. The van der Waals surface area contributed by atoms with Gasteiger partial charge in [-0.1, -0.05) is 30.3 Å². The molecule has 0 bridgehead atoms. The Morgan fingerprint density at radius 3 is 2.34 bits per heavy atom. The SMILES string of the molecule is Cc1cc(C)cc(OCC(=O)NN=Cc2c(O)n(-c3ccc(C)c(C)c3)c(=O)c3ccccc23)c1. The first-order valence-electron chi connectivity index (χ1n) is 11.2. The van der Waals surface area contributed by atoms with Gasteiger partial charge < -0.3 is 9.84 Å². The number of hydrazone groups is 1. The van der Waals surface area contributed by atoms with Crippen LogP contribution in [0.1, 0.15) is 27.8 Å². The van der Waals surface area contributed by atoms with Gasteiger partial charge in [0.05, 0.1) is 17.5 Å². The lowest BCUT2D eigenvalue weighted by Crippen LogP contribution is -2.25. The molecule has 0 radical (unpaired) electrons. The van der Waals surface area contributed by atoms with Gasteiger partial charge in [0, 0.05) is 10.8 Å². The number of rotatable bonds is 6. The van der Waals surface area contributed by atoms with Crippen LogP contribution in [0.3, 0.4) is 0 Å². The molecule has 178 valence electrons. The normalized spacial score (nSPS) is 11.2. The van der Waals surface area contributed by atoms with E-state index in [0.717, 1.165) is 22.3 Å². The second-order valence-corrected chi connectivity index (χ2v) is 8.60. The number of pyridine rings is 1. The Hall–Kier alpha value is -4.39. The van der Waals surface area contributed by atoms with Crippen LogP contribution in [0.4, 0.5) is 0 Å². The van der Waals surface area contributed by atoms with Crippen LogP contribution in [0.15, 0.2) is 70.6 Å². The maximum Gasteiger partial charge on any atom is 0.277 e. The van der Waals surface area contributed by atoms with Gasteiger partial charge in [-0.2, -0.15) is 5.10 Å². The lowest BCUT2D eigenvalue weighted by molar-refractivity contribution is -0.123. The van der Waals surface area contributed by atoms with Gasteiger partial charge in [-0.05, 0) is 80.3 Å². The zero-order valence-corrected chi connectivity index (χ0v) is 20.1. The number of hydrogen-bond donors (Lipinski definition) is 2. The van der Waals surface area contributed by atoms with Gasteiger partial charge in [-0.25, -0.2) is 9.99 Å². The van der Waals surface area contributed by atoms with Crippen molar-refractivity contribution in [2.75, 3.05) is 6.61 Å². The zero-order chi connectivity index (χ0) is 25.1. The third-order valence-electron chi connectivity index (χ3n) is 5.80. The first-order valence-corrected chi connectivity index (χ1v) is 11.2. The summed E-state index contributed by atoms with van der Waals surface area (Å²) >= 11 is 0. The number of benzene rings is 3. The molecule has 3 aromatic carbocycles. The minimum Gasteiger partial charge on any atom is -0.494 e. The number of carbonyl (C=O) groups excluding carboxylic acids is 1. The summed E-state index contributed by atoms with van der Waals surface area (Å²) < 4.78 is 6.81. The summed E-state index contributed by atoms with van der Waals surface area (Å²) in [5, 5.41) is 16.1. The van der Waals surface area contributed by atoms with E-state index in [1.807, 2.05) is 58.0 Å². The zero-order valence-electron chi connectivity index (χ0n) is 20.1. The van der Waals surface area contributed by atoms with Crippen molar-refractivity contribution in [3.8, 4) is 17.3 Å². The average molecular weight is 470 g/mol. The molecule has 0 spiro atoms. The fraction of sp³-hybridized carbons (Fsp3) is 0.179. The van der Waals surface area contributed by atoms with Gasteiger partial charge in [-0.3, -0.25) is 9.59 Å². The van der Waals surface area contributed by atoms with Crippen molar-refractivity contribution < 1.29 is 14.6 Å². The Kier molecular flexibility index (Phi) is 6.68. The number of aromatic nitrogens is 1. The Balaban J connectivity index is 1.62. The Bertz CT molecular complexity index is 1500. The van der Waals surface area contributed by atoms with Gasteiger partial charge >= 0.3 is 0 Å². The molecule has 7 heteroatoms. The summed E-state index contributed by atoms with van der Waals surface area (Å²) in [4.78, 5) is 25.5. The molecule has 4 rings (SSSR count). The maximum atomic E-state index is 13.2. The van der Waals surface area contributed by atoms with Crippen LogP contribution in [0.2, 0.25) is 0 Å². The van der Waals surface area contributed by atoms with Gasteiger partial charge in [0.2, 0.25) is 5.88 Å². The highest BCUT2D eigenvalue weighted by atomic mass is 16.5. The summed E-state index contributed by atoms with van der Waals surface area (Å²) in [6.45, 7) is 7.62. The molecule has 0 saturated heterocycles. The quantitative estimate of drug-likeness (QED) is 0.322. The molecule has 1 heterocycles. The number of carbonyl (C=O) groups is 1. The number of nitrogens with one attached hydrogen (secondary N) is 1. The van der Waals surface area contributed by atoms with Gasteiger partial charge in [-0.15, -0.1) is 0 Å². The van der Waals surface area contributed by atoms with Crippen LogP contribution in [0.5, 0.6) is 11.6 Å². The van der Waals surface area contributed by atoms with Crippen molar-refractivity contribution in [2.24, 2.45) is 5.10 Å². The van der Waals surface area contributed by atoms with Crippen molar-refractivity contribution in [3.05, 3.63) is 98.8 Å². The van der Waals surface area contributed by atoms with Crippen LogP contribution in [0, 0.1) is 27.7 Å². The second-order valence-electron chi connectivity index (χ2n) is 8.60. The molecule has 1 amide bonds. The summed E-state index contributed by atoms with van der Waals surface area (Å²) in [6.07, 6.45) is 1.34. The average Bonchev–Trinajstić information content (AvgIpc) is 2.81. The second kappa shape index (κ2) is 9.85. The number of amides is 1. The Labute approximate surface area is 203 Å². The first kappa shape index (κ1) is 23.8. The molecular formula is C28H27N3O4. The summed E-state index contributed by atoms with van der Waals surface area (Å²) in [5.41, 5.74) is 7.09. The molecule has 0 unspecified atom stereocenters. The lowest BCUT2D eigenvalue weighted by atomic mass is 10.1. The third kappa shape index (κ3) is 5.09. The van der Waals surface area contributed by atoms with E-state index in [2.05, 4.69) is 10.5 Å². The van der Waals surface area contributed by atoms with E-state index in [9.17, 15) is 14.7 Å². The van der Waals surface area contributed by atoms with Crippen LogP contribution >= 0.6 is 0 Å². The predicted octanol–water partition coefficient (Wildman–Crippen LogP) is 4.46. The smallest absolute Gasteiger partial charge is 0.277 e. The van der Waals surface area contributed by atoms with Crippen molar-refractivity contribution in [3.63, 3.8) is 0 Å². The molecule has 4 aromatic rings. The van der Waals surface area contributed by atoms with Gasteiger partial charge in [0.15, 0.2) is 6.61 Å². The van der Waals surface area contributed by atoms with Crippen molar-refractivity contribution in [1.29, 1.82) is 0 Å². The molecule has 0 aliphatic carbocycles. The number of ether oxygens (including phenoxy) is 1. The summed E-state index contributed by atoms with van der Waals surface area (Å²) in [5.74, 6) is -0.112. The van der Waals surface area contributed by atoms with E-state index >= 15 is 0 Å². The van der Waals surface area contributed by atoms with E-state index in [1.165, 1.54) is 10.8 Å². The molecule has 1 aromatic heterocycles. The molecule has 0 fully saturated rings. The van der Waals surface area contributed by atoms with Gasteiger partial charge in [0.25, 0.3) is 11.5 Å². The topological polar surface area (TPSA) is 92.9 Å². The number of nitrogens with zero attached hydrogens (tertiary/aromatic N) is 2. The minimum atomic E-state index is -0.452. The number of aromatic hydroxyl groups is 1. The van der Waals surface area contributed by atoms with E-state index < -0.39 is 5.91 Å². The third-order valence-corrected chi connectivity index (χ3v) is 5.80. The minimum absolute atomic E-state index is 0.213. The molecule has 0 saturated carbocycles. The largest absolute Gasteiger partial charge is 0.494 e. The van der Waals surface area contributed by atoms with Crippen molar-refractivity contribution in [1.82, 2.24) is 9.99 Å². The van der Waals surface area contributed by atoms with Crippen LogP contribution in [-0.4, -0.2) is 28.4 Å². The molecule has 0 atom stereocenters. The number of fused-ring (bicyclic) bond motifs is 1. The van der Waals surface area contributed by atoms with Crippen LogP contribution in [0.25, 0.3) is 16.5 Å². The Morgan fingerprint density at radius 2 is 1.66 bits per heavy atom. The summed E-state index contributed by atoms with van der Waals surface area (Å²) in [6, 6.07) is 18.2. The molecule has 7 nitrogen and oxygen atoms in total. The highest BCUT2D eigenvalue weighted by Crippen LogP contribution is 2.26. The highest BCUT2D eigenvalue weighted by Gasteiger charge is 2.16. The first-order chi connectivity index (χ1) is 16.7. The molecular weight excluding hydrogens is 442 g/mol. The van der Waals surface area contributed by atoms with E-state index in [4.69, 9.17) is 4.74 Å². The van der Waals surface area contributed by atoms with Gasteiger partial charge in [0.1, 0.15) is 5.75 Å². The number of aryl methyl sites for hydroxylation is 4. The lowest BCUT2D eigenvalue weighted by Gasteiger charge is -2.14. The standard InChI is InChI=1S/C28H27N3O4/c1-17-11-18(2)13-22(12-17)35-16-26(32)30-29-15-25-23-7-5-6-8-24(23)27(33)31(28(25)34)21-10-9-19(3)20(4)14-21/h5-15,34H,16H2,1-4H3,(H,30,32). The Morgan fingerprint density at radius 1 is 0.971 bits per heavy atom. The molecule has 35 heavy (non-hydrogen) atoms. The van der Waals surface area contributed by atoms with E-state index in [0.29, 0.717) is 27.8 Å².